The summed E-state index contributed by atoms with van der Waals surface area (Å²) in [6.07, 6.45) is 6.16. The molecule has 2 aliphatic rings. The zero-order valence-corrected chi connectivity index (χ0v) is 15.5. The van der Waals surface area contributed by atoms with Crippen molar-refractivity contribution < 1.29 is 18.7 Å². The summed E-state index contributed by atoms with van der Waals surface area (Å²) in [5.41, 5.74) is 4.06. The first kappa shape index (κ1) is 17.2. The van der Waals surface area contributed by atoms with Crippen molar-refractivity contribution >= 4 is 22.4 Å². The molecule has 1 fully saturated rings. The van der Waals surface area contributed by atoms with Gasteiger partial charge in [-0.2, -0.15) is 0 Å². The number of carbonyl (C=O) groups excluding carboxylic acids is 1. The highest BCUT2D eigenvalue weighted by Crippen LogP contribution is 2.37. The molecule has 0 radical (unpaired) electrons. The van der Waals surface area contributed by atoms with E-state index in [9.17, 15) is 4.79 Å². The first-order chi connectivity index (χ1) is 12.7. The van der Waals surface area contributed by atoms with Gasteiger partial charge in [0.1, 0.15) is 17.1 Å². The average molecular weight is 355 g/mol. The van der Waals surface area contributed by atoms with Gasteiger partial charge in [0.2, 0.25) is 5.91 Å². The molecule has 1 aliphatic heterocycles. The Balaban J connectivity index is 1.71. The SMILES string of the molecule is COc1cc2oc3c(c2cc1/C(C)=C/C(=O)N1CCOCC1)CCCC3. The van der Waals surface area contributed by atoms with Gasteiger partial charge < -0.3 is 18.8 Å². The molecule has 26 heavy (non-hydrogen) atoms. The van der Waals surface area contributed by atoms with E-state index < -0.39 is 0 Å². The number of rotatable bonds is 3. The minimum Gasteiger partial charge on any atom is -0.496 e. The van der Waals surface area contributed by atoms with Crippen LogP contribution in [0.3, 0.4) is 0 Å². The molecule has 1 aliphatic carbocycles. The van der Waals surface area contributed by atoms with Crippen LogP contribution in [0.2, 0.25) is 0 Å². The largest absolute Gasteiger partial charge is 0.496 e. The number of fused-ring (bicyclic) bond motifs is 3. The predicted molar refractivity (Wildman–Crippen MR) is 100 cm³/mol. The Morgan fingerprint density at radius 3 is 2.73 bits per heavy atom. The van der Waals surface area contributed by atoms with E-state index in [1.165, 1.54) is 18.4 Å². The molecule has 2 heterocycles. The Hall–Kier alpha value is -2.27. The van der Waals surface area contributed by atoms with Crippen molar-refractivity contribution in [3.8, 4) is 5.75 Å². The number of methoxy groups -OCH3 is 1. The fraction of sp³-hybridized carbons (Fsp3) is 0.476. The third-order valence-corrected chi connectivity index (χ3v) is 5.36. The lowest BCUT2D eigenvalue weighted by Gasteiger charge is -2.26. The predicted octanol–water partition coefficient (Wildman–Crippen LogP) is 3.58. The van der Waals surface area contributed by atoms with Crippen molar-refractivity contribution in [3.63, 3.8) is 0 Å². The number of nitrogens with zero attached hydrogens (tertiary/aromatic N) is 1. The molecule has 0 atom stereocenters. The number of amides is 1. The van der Waals surface area contributed by atoms with E-state index in [1.807, 2.05) is 17.9 Å². The summed E-state index contributed by atoms with van der Waals surface area (Å²) in [7, 11) is 1.66. The van der Waals surface area contributed by atoms with Crippen molar-refractivity contribution in [1.82, 2.24) is 4.90 Å². The second kappa shape index (κ2) is 7.16. The van der Waals surface area contributed by atoms with Crippen LogP contribution in [0.25, 0.3) is 16.5 Å². The number of ether oxygens (including phenoxy) is 2. The molecule has 138 valence electrons. The van der Waals surface area contributed by atoms with E-state index in [-0.39, 0.29) is 5.91 Å². The standard InChI is InChI=1S/C21H25NO4/c1-14(11-21(23)22-7-9-25-10-8-22)16-12-17-15-5-3-4-6-18(15)26-20(17)13-19(16)24-2/h11-13H,3-10H2,1-2H3/b14-11+. The lowest BCUT2D eigenvalue weighted by atomic mass is 9.94. The molecular formula is C21H25NO4. The number of hydrogen-bond acceptors (Lipinski definition) is 4. The number of carbonyl (C=O) groups is 1. The first-order valence-electron chi connectivity index (χ1n) is 9.35. The molecule has 0 unspecified atom stereocenters. The van der Waals surface area contributed by atoms with Gasteiger partial charge in [-0.1, -0.05) is 0 Å². The monoisotopic (exact) mass is 355 g/mol. The van der Waals surface area contributed by atoms with Crippen LogP contribution < -0.4 is 4.74 Å². The minimum atomic E-state index is 0.0298. The van der Waals surface area contributed by atoms with Gasteiger partial charge in [0, 0.05) is 48.2 Å². The second-order valence-corrected chi connectivity index (χ2v) is 7.02. The molecule has 4 rings (SSSR count). The molecule has 0 spiro atoms. The number of allylic oxidation sites excluding steroid dienone is 1. The number of furan rings is 1. The van der Waals surface area contributed by atoms with Crippen LogP contribution in [0.15, 0.2) is 22.6 Å². The lowest BCUT2D eigenvalue weighted by Crippen LogP contribution is -2.39. The molecule has 5 heteroatoms. The first-order valence-corrected chi connectivity index (χ1v) is 9.35. The number of aryl methyl sites for hydroxylation is 2. The zero-order valence-electron chi connectivity index (χ0n) is 15.5. The van der Waals surface area contributed by atoms with Gasteiger partial charge in [-0.25, -0.2) is 0 Å². The van der Waals surface area contributed by atoms with Crippen LogP contribution in [-0.4, -0.2) is 44.2 Å². The van der Waals surface area contributed by atoms with Crippen LogP contribution in [0.1, 0.15) is 36.7 Å². The summed E-state index contributed by atoms with van der Waals surface area (Å²) in [5.74, 6) is 1.88. The molecule has 2 aromatic rings. The number of hydrogen-bond donors (Lipinski definition) is 0. The van der Waals surface area contributed by atoms with E-state index in [2.05, 4.69) is 6.07 Å². The van der Waals surface area contributed by atoms with Crippen LogP contribution >= 0.6 is 0 Å². The van der Waals surface area contributed by atoms with E-state index >= 15 is 0 Å². The lowest BCUT2D eigenvalue weighted by molar-refractivity contribution is -0.129. The average Bonchev–Trinajstić information content (AvgIpc) is 3.05. The van der Waals surface area contributed by atoms with Crippen LogP contribution in [0.5, 0.6) is 5.75 Å². The smallest absolute Gasteiger partial charge is 0.247 e. The van der Waals surface area contributed by atoms with Crippen molar-refractivity contribution in [2.45, 2.75) is 32.6 Å². The fourth-order valence-corrected chi connectivity index (χ4v) is 3.90. The van der Waals surface area contributed by atoms with Crippen molar-refractivity contribution in [2.24, 2.45) is 0 Å². The van der Waals surface area contributed by atoms with Crippen molar-refractivity contribution in [1.29, 1.82) is 0 Å². The molecule has 0 N–H and O–H groups in total. The maximum Gasteiger partial charge on any atom is 0.247 e. The number of morpholine rings is 1. The topological polar surface area (TPSA) is 51.9 Å². The van der Waals surface area contributed by atoms with Crippen molar-refractivity contribution in [2.75, 3.05) is 33.4 Å². The van der Waals surface area contributed by atoms with Crippen molar-refractivity contribution in [3.05, 3.63) is 35.1 Å². The summed E-state index contributed by atoms with van der Waals surface area (Å²) in [6, 6.07) is 4.08. The second-order valence-electron chi connectivity index (χ2n) is 7.02. The van der Waals surface area contributed by atoms with Gasteiger partial charge in [-0.05, 0) is 37.8 Å². The third kappa shape index (κ3) is 3.12. The van der Waals surface area contributed by atoms with E-state index in [0.29, 0.717) is 26.3 Å². The summed E-state index contributed by atoms with van der Waals surface area (Å²) < 4.78 is 17.0. The molecule has 5 nitrogen and oxygen atoms in total. The van der Waals surface area contributed by atoms with Crippen LogP contribution in [-0.2, 0) is 22.4 Å². The maximum absolute atomic E-state index is 12.6. The molecule has 0 saturated carbocycles. The van der Waals surface area contributed by atoms with E-state index in [0.717, 1.165) is 46.5 Å². The molecular weight excluding hydrogens is 330 g/mol. The minimum absolute atomic E-state index is 0.0298. The van der Waals surface area contributed by atoms with Gasteiger partial charge in [0.05, 0.1) is 20.3 Å². The van der Waals surface area contributed by atoms with E-state index in [4.69, 9.17) is 13.9 Å². The summed E-state index contributed by atoms with van der Waals surface area (Å²) >= 11 is 0. The molecule has 1 aromatic carbocycles. The Morgan fingerprint density at radius 2 is 1.96 bits per heavy atom. The molecule has 1 amide bonds. The Labute approximate surface area is 153 Å². The fourth-order valence-electron chi connectivity index (χ4n) is 3.90. The molecule has 0 bridgehead atoms. The van der Waals surface area contributed by atoms with Gasteiger partial charge >= 0.3 is 0 Å². The van der Waals surface area contributed by atoms with E-state index in [1.54, 1.807) is 13.2 Å². The van der Waals surface area contributed by atoms with Gasteiger partial charge in [-0.15, -0.1) is 0 Å². The Morgan fingerprint density at radius 1 is 1.19 bits per heavy atom. The highest BCUT2D eigenvalue weighted by atomic mass is 16.5. The zero-order chi connectivity index (χ0) is 18.1. The van der Waals surface area contributed by atoms with Crippen LogP contribution in [0.4, 0.5) is 0 Å². The highest BCUT2D eigenvalue weighted by molar-refractivity contribution is 5.97. The Bertz CT molecular complexity index is 859. The normalized spacial score (nSPS) is 18.1. The number of benzene rings is 1. The molecule has 1 aromatic heterocycles. The van der Waals surface area contributed by atoms with Gasteiger partial charge in [-0.3, -0.25) is 4.79 Å². The van der Waals surface area contributed by atoms with Gasteiger partial charge in [0.15, 0.2) is 0 Å². The highest BCUT2D eigenvalue weighted by Gasteiger charge is 2.21. The third-order valence-electron chi connectivity index (χ3n) is 5.36. The quantitative estimate of drug-likeness (QED) is 0.790. The molecule has 1 saturated heterocycles. The Kier molecular flexibility index (Phi) is 4.72. The van der Waals surface area contributed by atoms with Crippen LogP contribution in [0, 0.1) is 0 Å². The van der Waals surface area contributed by atoms with Gasteiger partial charge in [0.25, 0.3) is 0 Å². The summed E-state index contributed by atoms with van der Waals surface area (Å²) in [5, 5.41) is 1.15. The summed E-state index contributed by atoms with van der Waals surface area (Å²) in [4.78, 5) is 14.4. The summed E-state index contributed by atoms with van der Waals surface area (Å²) in [6.45, 7) is 4.47. The maximum atomic E-state index is 12.6.